The van der Waals surface area contributed by atoms with Crippen LogP contribution >= 0.6 is 0 Å². The molecule has 0 aliphatic carbocycles. The predicted octanol–water partition coefficient (Wildman–Crippen LogP) is 1.32. The van der Waals surface area contributed by atoms with Gasteiger partial charge in [0.1, 0.15) is 17.3 Å². The lowest BCUT2D eigenvalue weighted by Crippen LogP contribution is -2.26. The number of amides is 1. The molecular weight excluding hydrogens is 291 g/mol. The number of carbonyl (C=O) groups excluding carboxylic acids is 1. The van der Waals surface area contributed by atoms with Gasteiger partial charge in [-0.15, -0.1) is 0 Å². The number of hydrogen-bond donors (Lipinski definition) is 1. The zero-order chi connectivity index (χ0) is 16.6. The topological polar surface area (TPSA) is 56.1 Å². The molecule has 2 rings (SSSR count). The molecule has 5 nitrogen and oxygen atoms in total. The fourth-order valence-corrected chi connectivity index (χ4v) is 2.14. The number of aliphatic imine (C=N–C) groups is 1. The van der Waals surface area contributed by atoms with Gasteiger partial charge in [-0.3, -0.25) is 18.3 Å². The van der Waals surface area contributed by atoms with Crippen molar-refractivity contribution in [3.8, 4) is 5.75 Å². The van der Waals surface area contributed by atoms with Crippen molar-refractivity contribution in [3.63, 3.8) is 0 Å². The van der Waals surface area contributed by atoms with Crippen LogP contribution in [0.1, 0.15) is 12.5 Å². The number of nitrogens with zero attached hydrogens (tertiary/aromatic N) is 3. The van der Waals surface area contributed by atoms with E-state index in [9.17, 15) is 18.5 Å². The van der Waals surface area contributed by atoms with Crippen molar-refractivity contribution >= 4 is 36.2 Å². The van der Waals surface area contributed by atoms with Crippen LogP contribution in [-0.2, 0) is 4.79 Å². The van der Waals surface area contributed by atoms with Crippen molar-refractivity contribution in [1.82, 2.24) is 4.90 Å². The zero-order valence-corrected chi connectivity index (χ0v) is 12.8. The zero-order valence-electron chi connectivity index (χ0n) is 12.8. The van der Waals surface area contributed by atoms with E-state index in [0.29, 0.717) is 5.84 Å². The number of hydrogen-bond acceptors (Lipinski definition) is 4. The lowest BCUT2D eigenvalue weighted by Gasteiger charge is -2.17. The molecule has 0 radical (unpaired) electrons. The molecule has 116 valence electrons. The number of phenols is 1. The van der Waals surface area contributed by atoms with Crippen LogP contribution in [0, 0.1) is 0 Å². The van der Waals surface area contributed by atoms with Gasteiger partial charge in [0.25, 0.3) is 5.91 Å². The first-order chi connectivity index (χ1) is 10.2. The second kappa shape index (κ2) is 5.78. The van der Waals surface area contributed by atoms with E-state index in [0.717, 1.165) is 0 Å². The molecule has 0 unspecified atom stereocenters. The van der Waals surface area contributed by atoms with E-state index in [4.69, 9.17) is 0 Å². The van der Waals surface area contributed by atoms with Crippen LogP contribution in [0.2, 0.25) is 0 Å². The second-order valence-electron chi connectivity index (χ2n) is 5.22. The third-order valence-electron chi connectivity index (χ3n) is 3.48. The van der Waals surface area contributed by atoms with Gasteiger partial charge in [-0.05, 0) is 30.7 Å². The van der Waals surface area contributed by atoms with E-state index in [1.165, 1.54) is 28.0 Å². The van der Waals surface area contributed by atoms with Gasteiger partial charge in [0.05, 0.1) is 5.69 Å². The fraction of sp³-hybridized carbons (Fsp3) is 0.286. The van der Waals surface area contributed by atoms with Gasteiger partial charge >= 0.3 is 7.27 Å². The molecule has 0 saturated carbocycles. The summed E-state index contributed by atoms with van der Waals surface area (Å²) in [6.07, 6.45) is 1.27. The number of rotatable bonds is 3. The Morgan fingerprint density at radius 3 is 2.45 bits per heavy atom. The Labute approximate surface area is 127 Å². The molecular formula is C14H16BF2N3O2. The minimum Gasteiger partial charge on any atom is -0.506 e. The Balaban J connectivity index is 2.56. The number of amidine groups is 1. The lowest BCUT2D eigenvalue weighted by molar-refractivity contribution is -0.121. The van der Waals surface area contributed by atoms with Crippen LogP contribution in [0.5, 0.6) is 5.75 Å². The summed E-state index contributed by atoms with van der Waals surface area (Å²) in [4.78, 5) is 18.9. The van der Waals surface area contributed by atoms with Crippen LogP contribution in [0.3, 0.4) is 0 Å². The second-order valence-corrected chi connectivity index (χ2v) is 5.22. The summed E-state index contributed by atoms with van der Waals surface area (Å²) in [5, 5.41) is 9.96. The molecule has 0 bridgehead atoms. The summed E-state index contributed by atoms with van der Waals surface area (Å²) >= 11 is 0. The van der Waals surface area contributed by atoms with Gasteiger partial charge in [-0.1, -0.05) is 0 Å². The molecule has 0 fully saturated rings. The quantitative estimate of drug-likeness (QED) is 0.677. The summed E-state index contributed by atoms with van der Waals surface area (Å²) < 4.78 is 26.5. The molecule has 1 N–H and O–H groups in total. The van der Waals surface area contributed by atoms with E-state index < -0.39 is 7.27 Å². The molecule has 1 amide bonds. The van der Waals surface area contributed by atoms with Crippen LogP contribution in [0.15, 0.2) is 22.8 Å². The average molecular weight is 307 g/mol. The van der Waals surface area contributed by atoms with Crippen molar-refractivity contribution < 1.29 is 18.5 Å². The Morgan fingerprint density at radius 2 is 2.00 bits per heavy atom. The first-order valence-electron chi connectivity index (χ1n) is 6.59. The smallest absolute Gasteiger partial charge is 0.506 e. The van der Waals surface area contributed by atoms with Crippen molar-refractivity contribution in [2.24, 2.45) is 4.99 Å². The Bertz CT molecular complexity index is 687. The normalized spacial score (nSPS) is 16.3. The first-order valence-corrected chi connectivity index (χ1v) is 6.59. The summed E-state index contributed by atoms with van der Waals surface area (Å²) in [6.45, 7) is 1.65. The van der Waals surface area contributed by atoms with Crippen LogP contribution < -0.4 is 10.4 Å². The number of carbonyl (C=O) groups is 1. The average Bonchev–Trinajstić information content (AvgIpc) is 2.65. The van der Waals surface area contributed by atoms with E-state index >= 15 is 0 Å². The third-order valence-corrected chi connectivity index (χ3v) is 3.48. The van der Waals surface area contributed by atoms with Gasteiger partial charge in [0.2, 0.25) is 0 Å². The molecule has 1 aliphatic rings. The lowest BCUT2D eigenvalue weighted by atomic mass is 9.81. The maximum Gasteiger partial charge on any atom is 0.572 e. The van der Waals surface area contributed by atoms with E-state index in [-0.39, 0.29) is 34.1 Å². The molecule has 0 aromatic heterocycles. The van der Waals surface area contributed by atoms with E-state index in [2.05, 4.69) is 4.99 Å². The summed E-state index contributed by atoms with van der Waals surface area (Å²) in [5.74, 6) is -0.0152. The molecule has 0 saturated heterocycles. The SMILES string of the molecule is CC1=N/C(=C\c2cc(O)c(N(C)C)cc2B(F)F)C(=O)N1C. The number of phenolic OH excluding ortho intramolecular Hbond substituents is 1. The number of benzene rings is 1. The molecule has 1 aliphatic heterocycles. The van der Waals surface area contributed by atoms with Crippen LogP contribution in [0.25, 0.3) is 6.08 Å². The van der Waals surface area contributed by atoms with Crippen LogP contribution in [-0.4, -0.2) is 50.2 Å². The maximum absolute atomic E-state index is 13.3. The summed E-state index contributed by atoms with van der Waals surface area (Å²) in [7, 11) is 2.12. The van der Waals surface area contributed by atoms with Crippen LogP contribution in [0.4, 0.5) is 14.3 Å². The first kappa shape index (κ1) is 16.0. The highest BCUT2D eigenvalue weighted by molar-refractivity contribution is 6.61. The van der Waals surface area contributed by atoms with E-state index in [1.54, 1.807) is 28.1 Å². The van der Waals surface area contributed by atoms with Crippen molar-refractivity contribution in [2.45, 2.75) is 6.92 Å². The van der Waals surface area contributed by atoms with E-state index in [1.807, 2.05) is 0 Å². The van der Waals surface area contributed by atoms with Gasteiger partial charge in [-0.2, -0.15) is 0 Å². The molecule has 1 aromatic carbocycles. The monoisotopic (exact) mass is 307 g/mol. The molecule has 1 heterocycles. The number of aromatic hydroxyl groups is 1. The number of likely N-dealkylation sites (N-methyl/N-ethyl adjacent to an activating group) is 1. The molecule has 8 heteroatoms. The van der Waals surface area contributed by atoms with Gasteiger partial charge in [-0.25, -0.2) is 4.99 Å². The van der Waals surface area contributed by atoms with Gasteiger partial charge in [0, 0.05) is 26.6 Å². The van der Waals surface area contributed by atoms with Crippen molar-refractivity contribution in [1.29, 1.82) is 0 Å². The summed E-state index contributed by atoms with van der Waals surface area (Å²) in [5.41, 5.74) is 0.170. The molecule has 0 spiro atoms. The highest BCUT2D eigenvalue weighted by atomic mass is 19.2. The van der Waals surface area contributed by atoms with Gasteiger partial charge in [0.15, 0.2) is 0 Å². The minimum absolute atomic E-state index is 0.0684. The fourth-order valence-electron chi connectivity index (χ4n) is 2.14. The molecule has 1 aromatic rings. The Morgan fingerprint density at radius 1 is 1.36 bits per heavy atom. The van der Waals surface area contributed by atoms with Gasteiger partial charge < -0.3 is 10.0 Å². The standard InChI is InChI=1S/C14H16BF2N3O2/c1-8-18-11(14(22)20(8)4)5-9-6-13(21)12(19(2)3)7-10(9)15(16)17/h5-7,21H,1-4H3/b11-5-. The highest BCUT2D eigenvalue weighted by Gasteiger charge is 2.27. The summed E-state index contributed by atoms with van der Waals surface area (Å²) in [6, 6.07) is 2.44. The molecule has 22 heavy (non-hydrogen) atoms. The Hall–Kier alpha value is -2.38. The number of halogens is 2. The predicted molar refractivity (Wildman–Crippen MR) is 83.9 cm³/mol. The highest BCUT2D eigenvalue weighted by Crippen LogP contribution is 2.28. The third kappa shape index (κ3) is 2.81. The van der Waals surface area contributed by atoms with Crippen molar-refractivity contribution in [3.05, 3.63) is 23.4 Å². The van der Waals surface area contributed by atoms with Crippen molar-refractivity contribution in [2.75, 3.05) is 26.0 Å². The Kier molecular flexibility index (Phi) is 4.21. The maximum atomic E-state index is 13.3. The minimum atomic E-state index is -2.73. The largest absolute Gasteiger partial charge is 0.572 e. The number of anilines is 1. The molecule has 0 atom stereocenters.